The predicted octanol–water partition coefficient (Wildman–Crippen LogP) is 2.11. The fraction of sp³-hybridized carbons (Fsp3) is 1.00. The van der Waals surface area contributed by atoms with E-state index in [9.17, 15) is 4.57 Å². The normalized spacial score (nSPS) is 21.4. The Morgan fingerprint density at radius 2 is 1.79 bits per heavy atom. The molecule has 0 saturated carbocycles. The van der Waals surface area contributed by atoms with Crippen LogP contribution in [-0.2, 0) is 27.2 Å². The lowest BCUT2D eigenvalue weighted by Gasteiger charge is -2.21. The number of hydrogen-bond donors (Lipinski definition) is 0. The van der Waals surface area contributed by atoms with E-state index in [2.05, 4.69) is 0 Å². The van der Waals surface area contributed by atoms with Crippen LogP contribution < -0.4 is 0 Å². The molecule has 0 amide bonds. The van der Waals surface area contributed by atoms with E-state index in [1.165, 1.54) is 14.2 Å². The second-order valence-electron chi connectivity index (χ2n) is 2.50. The SMILES string of the molecule is COP(=O)(OC)C(C)OP1OCCO1. The van der Waals surface area contributed by atoms with Gasteiger partial charge in [0.2, 0.25) is 0 Å². The van der Waals surface area contributed by atoms with Crippen LogP contribution in [0.1, 0.15) is 6.92 Å². The molecule has 0 aromatic heterocycles. The highest BCUT2D eigenvalue weighted by atomic mass is 31.2. The lowest BCUT2D eigenvalue weighted by atomic mass is 10.8. The van der Waals surface area contributed by atoms with Crippen LogP contribution >= 0.6 is 16.2 Å². The van der Waals surface area contributed by atoms with Gasteiger partial charge in [0.25, 0.3) is 0 Å². The van der Waals surface area contributed by atoms with Crippen LogP contribution in [0.5, 0.6) is 0 Å². The maximum absolute atomic E-state index is 11.8. The molecule has 1 aliphatic rings. The van der Waals surface area contributed by atoms with E-state index in [1.54, 1.807) is 6.92 Å². The van der Waals surface area contributed by atoms with Gasteiger partial charge in [0.1, 0.15) is 0 Å². The lowest BCUT2D eigenvalue weighted by Crippen LogP contribution is -2.09. The van der Waals surface area contributed by atoms with Crippen LogP contribution in [0.2, 0.25) is 0 Å². The third kappa shape index (κ3) is 2.97. The predicted molar refractivity (Wildman–Crippen MR) is 51.0 cm³/mol. The van der Waals surface area contributed by atoms with Crippen LogP contribution in [0.25, 0.3) is 0 Å². The van der Waals surface area contributed by atoms with E-state index in [0.717, 1.165) is 0 Å². The molecule has 1 atom stereocenters. The molecule has 0 bridgehead atoms. The Labute approximate surface area is 84.3 Å². The van der Waals surface area contributed by atoms with Gasteiger partial charge in [-0.25, -0.2) is 0 Å². The zero-order valence-corrected chi connectivity index (χ0v) is 10.1. The first-order valence-corrected chi connectivity index (χ1v) is 6.77. The molecule has 8 heteroatoms. The van der Waals surface area contributed by atoms with Crippen molar-refractivity contribution in [2.24, 2.45) is 0 Å². The molecule has 84 valence electrons. The summed E-state index contributed by atoms with van der Waals surface area (Å²) in [5.74, 6) is -0.693. The Morgan fingerprint density at radius 1 is 1.29 bits per heavy atom. The van der Waals surface area contributed by atoms with E-state index >= 15 is 0 Å². The second-order valence-corrected chi connectivity index (χ2v) is 6.21. The van der Waals surface area contributed by atoms with Gasteiger partial charge >= 0.3 is 16.2 Å². The van der Waals surface area contributed by atoms with Crippen LogP contribution in [0.15, 0.2) is 0 Å². The molecule has 1 aliphatic heterocycles. The van der Waals surface area contributed by atoms with Crippen molar-refractivity contribution in [1.82, 2.24) is 0 Å². The Balaban J connectivity index is 2.46. The smallest absolute Gasteiger partial charge is 0.310 e. The van der Waals surface area contributed by atoms with Crippen molar-refractivity contribution in [3.63, 3.8) is 0 Å². The summed E-state index contributed by atoms with van der Waals surface area (Å²) in [7, 11) is -1.96. The highest BCUT2D eigenvalue weighted by molar-refractivity contribution is 7.55. The fourth-order valence-electron chi connectivity index (χ4n) is 0.875. The topological polar surface area (TPSA) is 63.2 Å². The van der Waals surface area contributed by atoms with Gasteiger partial charge in [0, 0.05) is 14.2 Å². The van der Waals surface area contributed by atoms with Crippen molar-refractivity contribution in [2.75, 3.05) is 27.4 Å². The van der Waals surface area contributed by atoms with Gasteiger partial charge in [-0.15, -0.1) is 0 Å². The molecule has 1 unspecified atom stereocenters. The highest BCUT2D eigenvalue weighted by Crippen LogP contribution is 2.57. The molecule has 6 nitrogen and oxygen atoms in total. The minimum atomic E-state index is -3.19. The van der Waals surface area contributed by atoms with Gasteiger partial charge in [-0.3, -0.25) is 9.09 Å². The minimum Gasteiger partial charge on any atom is -0.310 e. The molecule has 0 aromatic rings. The molecule has 14 heavy (non-hydrogen) atoms. The molecular weight excluding hydrogens is 230 g/mol. The minimum absolute atomic E-state index is 0.503. The largest absolute Gasteiger partial charge is 0.358 e. The summed E-state index contributed by atoms with van der Waals surface area (Å²) in [6, 6.07) is 0. The maximum Gasteiger partial charge on any atom is 0.358 e. The van der Waals surface area contributed by atoms with E-state index in [1.807, 2.05) is 0 Å². The molecule has 1 rings (SSSR count). The fourth-order valence-corrected chi connectivity index (χ4v) is 3.20. The Kier molecular flexibility index (Phi) is 4.94. The average molecular weight is 244 g/mol. The zero-order valence-electron chi connectivity index (χ0n) is 8.34. The lowest BCUT2D eigenvalue weighted by molar-refractivity contribution is 0.178. The second kappa shape index (κ2) is 5.52. The molecule has 1 saturated heterocycles. The van der Waals surface area contributed by atoms with Crippen molar-refractivity contribution in [1.29, 1.82) is 0 Å². The molecule has 0 N–H and O–H groups in total. The van der Waals surface area contributed by atoms with E-state index in [4.69, 9.17) is 22.6 Å². The Morgan fingerprint density at radius 3 is 2.21 bits per heavy atom. The molecule has 0 aromatic carbocycles. The Bertz CT molecular complexity index is 208. The first-order valence-electron chi connectivity index (χ1n) is 4.06. The van der Waals surface area contributed by atoms with Crippen molar-refractivity contribution >= 4 is 16.2 Å². The summed E-state index contributed by atoms with van der Waals surface area (Å²) in [5.41, 5.74) is 0. The van der Waals surface area contributed by atoms with Crippen LogP contribution in [0.3, 0.4) is 0 Å². The maximum atomic E-state index is 11.8. The van der Waals surface area contributed by atoms with E-state index < -0.39 is 22.0 Å². The Hall–Kier alpha value is 0.460. The standard InChI is InChI=1S/C6H14O6P2/c1-6(14(7,8-2)9-3)12-13-10-4-5-11-13/h6H,4-5H2,1-3H3. The van der Waals surface area contributed by atoms with E-state index in [0.29, 0.717) is 13.2 Å². The molecule has 0 spiro atoms. The molecule has 0 aliphatic carbocycles. The summed E-state index contributed by atoms with van der Waals surface area (Å²) in [6.45, 7) is 2.60. The summed E-state index contributed by atoms with van der Waals surface area (Å²) in [6.07, 6.45) is 0. The molecule has 1 fully saturated rings. The summed E-state index contributed by atoms with van der Waals surface area (Å²) in [4.78, 5) is 0. The number of hydrogen-bond acceptors (Lipinski definition) is 6. The van der Waals surface area contributed by atoms with Crippen molar-refractivity contribution in [2.45, 2.75) is 12.8 Å². The van der Waals surface area contributed by atoms with Gasteiger partial charge in [-0.2, -0.15) is 0 Å². The van der Waals surface area contributed by atoms with Gasteiger partial charge < -0.3 is 18.1 Å². The molecule has 0 radical (unpaired) electrons. The third-order valence-electron chi connectivity index (χ3n) is 1.67. The van der Waals surface area contributed by atoms with Gasteiger partial charge in [-0.1, -0.05) is 0 Å². The van der Waals surface area contributed by atoms with Gasteiger partial charge in [-0.05, 0) is 6.92 Å². The summed E-state index contributed by atoms with van der Waals surface area (Å²) < 4.78 is 36.8. The van der Waals surface area contributed by atoms with Crippen LogP contribution in [0, 0.1) is 0 Å². The van der Waals surface area contributed by atoms with Crippen molar-refractivity contribution in [3.05, 3.63) is 0 Å². The third-order valence-corrected chi connectivity index (χ3v) is 5.13. The van der Waals surface area contributed by atoms with Crippen molar-refractivity contribution < 1.29 is 27.2 Å². The first-order chi connectivity index (χ1) is 6.62. The van der Waals surface area contributed by atoms with Crippen LogP contribution in [0.4, 0.5) is 0 Å². The highest BCUT2D eigenvalue weighted by Gasteiger charge is 2.35. The van der Waals surface area contributed by atoms with E-state index in [-0.39, 0.29) is 0 Å². The summed E-state index contributed by atoms with van der Waals surface area (Å²) >= 11 is 0. The first kappa shape index (κ1) is 12.5. The summed E-state index contributed by atoms with van der Waals surface area (Å²) in [5, 5.41) is 0. The quantitative estimate of drug-likeness (QED) is 0.690. The zero-order chi connectivity index (χ0) is 10.6. The van der Waals surface area contributed by atoms with Gasteiger partial charge in [0.15, 0.2) is 5.85 Å². The number of rotatable bonds is 5. The van der Waals surface area contributed by atoms with Gasteiger partial charge in [0.05, 0.1) is 13.2 Å². The average Bonchev–Trinajstić information content (AvgIpc) is 2.69. The monoisotopic (exact) mass is 244 g/mol. The molecule has 1 heterocycles. The van der Waals surface area contributed by atoms with Crippen molar-refractivity contribution in [3.8, 4) is 0 Å². The molecular formula is C6H14O6P2. The van der Waals surface area contributed by atoms with Crippen LogP contribution in [-0.4, -0.2) is 33.3 Å².